The number of hydrogen-bond donors (Lipinski definition) is 0. The molecule has 0 unspecified atom stereocenters. The fourth-order valence-corrected chi connectivity index (χ4v) is 8.84. The van der Waals surface area contributed by atoms with Crippen LogP contribution in [-0.2, 0) is 4.74 Å². The molecule has 3 aromatic rings. The number of piperazine rings is 1. The van der Waals surface area contributed by atoms with Crippen LogP contribution in [-0.4, -0.2) is 79.7 Å². The van der Waals surface area contributed by atoms with Crippen LogP contribution in [0.3, 0.4) is 0 Å². The van der Waals surface area contributed by atoms with Crippen LogP contribution in [0.1, 0.15) is 65.6 Å². The van der Waals surface area contributed by atoms with E-state index in [9.17, 15) is 9.59 Å². The van der Waals surface area contributed by atoms with Gasteiger partial charge in [0, 0.05) is 0 Å². The third-order valence-electron chi connectivity index (χ3n) is 7.32. The van der Waals surface area contributed by atoms with Gasteiger partial charge >= 0.3 is 226 Å². The van der Waals surface area contributed by atoms with Gasteiger partial charge in [-0.2, -0.15) is 0 Å². The van der Waals surface area contributed by atoms with Crippen LogP contribution >= 0.6 is 0 Å². The third-order valence-corrected chi connectivity index (χ3v) is 12.4. The number of anilines is 1. The Morgan fingerprint density at radius 3 is 2.37 bits per heavy atom. The van der Waals surface area contributed by atoms with Crippen molar-refractivity contribution in [1.82, 2.24) is 24.4 Å². The Hall–Kier alpha value is -2.76. The molecule has 3 aromatic heterocycles. The first-order valence-corrected chi connectivity index (χ1v) is 24.3. The van der Waals surface area contributed by atoms with Gasteiger partial charge in [0.1, 0.15) is 0 Å². The molecule has 0 N–H and O–H groups in total. The monoisotopic (exact) mass is 674 g/mol. The molecule has 0 spiro atoms. The average Bonchev–Trinajstić information content (AvgIpc) is 2.83. The number of hydrogen-bond acceptors (Lipinski definition) is 7. The van der Waals surface area contributed by atoms with Gasteiger partial charge in [-0.15, -0.1) is 0 Å². The van der Waals surface area contributed by atoms with Crippen LogP contribution in [0.4, 0.5) is 15.0 Å². The zero-order chi connectivity index (χ0) is 30.6. The Kier molecular flexibility index (Phi) is 8.48. The summed E-state index contributed by atoms with van der Waals surface area (Å²) in [5.74, 6) is 0.0447. The number of aromatic nitrogens is 4. The normalized spacial score (nSPS) is 18.4. The van der Waals surface area contributed by atoms with Crippen molar-refractivity contribution in [1.29, 1.82) is 0 Å². The van der Waals surface area contributed by atoms with Crippen LogP contribution in [0.25, 0.3) is 16.7 Å². The number of pyridine rings is 2. The molecule has 2 atom stereocenters. The molecule has 1 fully saturated rings. The number of carbonyl (C=O) groups is 1. The topological polar surface area (TPSA) is 93.5 Å². The predicted octanol–water partition coefficient (Wildman–Crippen LogP) is 5.13. The second-order valence-corrected chi connectivity index (χ2v) is 27.7. The molecule has 1 aliphatic heterocycles. The molecule has 0 saturated carbocycles. The molecule has 41 heavy (non-hydrogen) atoms. The van der Waals surface area contributed by atoms with Gasteiger partial charge < -0.3 is 0 Å². The van der Waals surface area contributed by atoms with E-state index in [2.05, 4.69) is 24.8 Å². The number of halogens is 1. The summed E-state index contributed by atoms with van der Waals surface area (Å²) in [6.45, 7) is 16.2. The van der Waals surface area contributed by atoms with Gasteiger partial charge in [-0.3, -0.25) is 0 Å². The van der Waals surface area contributed by atoms with Crippen molar-refractivity contribution >= 4 is 45.0 Å². The molecule has 9 nitrogen and oxygen atoms in total. The van der Waals surface area contributed by atoms with Gasteiger partial charge in [-0.25, -0.2) is 0 Å². The van der Waals surface area contributed by atoms with E-state index in [0.29, 0.717) is 39.3 Å². The zero-order valence-electron chi connectivity index (χ0n) is 26.2. The molecule has 1 aliphatic rings. The van der Waals surface area contributed by atoms with Crippen molar-refractivity contribution in [2.24, 2.45) is 0 Å². The molecule has 0 radical (unpaired) electrons. The van der Waals surface area contributed by atoms with Gasteiger partial charge in [0.15, 0.2) is 0 Å². The predicted molar refractivity (Wildman–Crippen MR) is 164 cm³/mol. The van der Waals surface area contributed by atoms with Crippen LogP contribution < -0.4 is 14.3 Å². The molecule has 4 rings (SSSR count). The first-order chi connectivity index (χ1) is 18.9. The van der Waals surface area contributed by atoms with E-state index in [4.69, 9.17) is 9.72 Å². The molecular weight excluding hydrogens is 630 g/mol. The molecule has 0 aliphatic carbocycles. The minimum absolute atomic E-state index is 0.0371. The molecule has 0 aromatic carbocycles. The minimum atomic E-state index is -3.04. The summed E-state index contributed by atoms with van der Waals surface area (Å²) in [5.41, 5.74) is 1.54. The van der Waals surface area contributed by atoms with E-state index in [1.807, 2.05) is 66.4 Å². The SMILES string of the molecule is Cc1ccnc(C(C)C)c1-n1c(=O)nc(N2C[C@@H](C)N(C(=O)OC(C)(C)C)C[C@@H]2C)c2cc(F)[c]([Sn]([CH3])([CH3])[CH3])nc21. The molecule has 1 saturated heterocycles. The summed E-state index contributed by atoms with van der Waals surface area (Å²) in [6, 6.07) is 2.92. The second kappa shape index (κ2) is 11.1. The van der Waals surface area contributed by atoms with Crippen LogP contribution in [0.2, 0.25) is 14.8 Å². The fraction of sp³-hybridized carbons (Fsp3) is 0.567. The van der Waals surface area contributed by atoms with Gasteiger partial charge in [-0.1, -0.05) is 0 Å². The molecule has 0 bridgehead atoms. The Morgan fingerprint density at radius 1 is 1.12 bits per heavy atom. The number of carbonyl (C=O) groups excluding carboxylic acids is 1. The molecular formula is C30H43FN6O3Sn. The Labute approximate surface area is 246 Å². The average molecular weight is 673 g/mol. The number of rotatable bonds is 4. The second-order valence-electron chi connectivity index (χ2n) is 13.5. The van der Waals surface area contributed by atoms with Crippen LogP contribution in [0.15, 0.2) is 23.1 Å². The van der Waals surface area contributed by atoms with Crippen molar-refractivity contribution in [2.75, 3.05) is 18.0 Å². The maximum atomic E-state index is 15.8. The zero-order valence-corrected chi connectivity index (χ0v) is 29.0. The van der Waals surface area contributed by atoms with E-state index in [1.165, 1.54) is 10.6 Å². The van der Waals surface area contributed by atoms with Crippen molar-refractivity contribution in [3.05, 3.63) is 45.9 Å². The number of nitrogens with zero attached hydrogens (tertiary/aromatic N) is 6. The standard InChI is InChI=1S/C27H34FN6O3.3CH3.Sn/c1-15(2)21-22(16(3)9-10-29-21)34-23-20(11-19(28)12-30-23)24(31-25(34)35)32-13-18(5)33(14-17(32)4)26(36)37-27(6,7)8;;;;/h9-11,15,17-18H,13-14H2,1-8H3;3*1H3;/t17-,18+;;;;/m0..../s1. The maximum absolute atomic E-state index is 15.8. The van der Waals surface area contributed by atoms with E-state index in [1.54, 1.807) is 11.1 Å². The van der Waals surface area contributed by atoms with E-state index < -0.39 is 29.7 Å². The van der Waals surface area contributed by atoms with Gasteiger partial charge in [0.25, 0.3) is 0 Å². The Morgan fingerprint density at radius 2 is 1.78 bits per heavy atom. The van der Waals surface area contributed by atoms with Crippen molar-refractivity contribution in [3.63, 3.8) is 0 Å². The van der Waals surface area contributed by atoms with Crippen molar-refractivity contribution < 1.29 is 13.9 Å². The number of ether oxygens (including phenoxy) is 1. The Balaban J connectivity index is 1.95. The molecule has 4 heterocycles. The van der Waals surface area contributed by atoms with E-state index >= 15 is 4.39 Å². The fourth-order valence-electron chi connectivity index (χ4n) is 5.33. The van der Waals surface area contributed by atoms with Gasteiger partial charge in [-0.05, 0) is 20.8 Å². The van der Waals surface area contributed by atoms with Crippen molar-refractivity contribution in [3.8, 4) is 5.69 Å². The van der Waals surface area contributed by atoms with Gasteiger partial charge in [0.2, 0.25) is 0 Å². The van der Waals surface area contributed by atoms with Crippen LogP contribution in [0.5, 0.6) is 0 Å². The number of fused-ring (bicyclic) bond motifs is 1. The number of aryl methyl sites for hydroxylation is 1. The summed E-state index contributed by atoms with van der Waals surface area (Å²) in [7, 11) is 0. The summed E-state index contributed by atoms with van der Waals surface area (Å²) >= 11 is -3.04. The van der Waals surface area contributed by atoms with Gasteiger partial charge in [0.05, 0.1) is 0 Å². The van der Waals surface area contributed by atoms with Crippen molar-refractivity contribution in [2.45, 2.75) is 93.8 Å². The quantitative estimate of drug-likeness (QED) is 0.355. The van der Waals surface area contributed by atoms with E-state index in [0.717, 1.165) is 11.3 Å². The molecule has 1 amide bonds. The molecule has 222 valence electrons. The Bertz CT molecular complexity index is 1540. The van der Waals surface area contributed by atoms with Crippen LogP contribution in [0, 0.1) is 12.7 Å². The first kappa shape index (κ1) is 31.2. The molecule has 11 heteroatoms. The summed E-state index contributed by atoms with van der Waals surface area (Å²) in [6.07, 6.45) is 1.36. The first-order valence-electron chi connectivity index (χ1n) is 14.3. The third kappa shape index (κ3) is 6.22. The summed E-state index contributed by atoms with van der Waals surface area (Å²) in [4.78, 5) is 51.0. The summed E-state index contributed by atoms with van der Waals surface area (Å²) in [5, 5.41) is 0.462. The summed E-state index contributed by atoms with van der Waals surface area (Å²) < 4.78 is 23.4. The van der Waals surface area contributed by atoms with E-state index in [-0.39, 0.29) is 29.9 Å². The number of amides is 1.